The van der Waals surface area contributed by atoms with Crippen molar-refractivity contribution in [2.75, 3.05) is 52.6 Å². The number of morpholine rings is 2. The number of carbonyl (C=O) groups is 3. The number of amides is 1. The van der Waals surface area contributed by atoms with Crippen LogP contribution in [0.25, 0.3) is 0 Å². The predicted octanol–water partition coefficient (Wildman–Crippen LogP) is 9.67. The molecule has 10 nitrogen and oxygen atoms in total. The minimum atomic E-state index is -0.786. The molecule has 0 saturated carbocycles. The van der Waals surface area contributed by atoms with Crippen LogP contribution < -0.4 is 0 Å². The fourth-order valence-corrected chi connectivity index (χ4v) is 7.68. The standard InChI is InChI=1S/C50H67N3O7/c1-35(17-13-19-37(3)21-23-41-39(5)45(54)43(33-49(41,7)8)59-47(51)52-25-29-57-30-26-52)15-11-12-16-36(2)18-14-20-38(4)22-24-42-40(6)46(55)44(34-50(42,9)10)60-48(56)53-27-31-58-32-28-53/h11-24,43-44,51H,25-34H2,1-10H3/b12-11+,17-13+,18-14+,23-21+,24-22+,35-15+,36-16+,37-19+,38-20+,51-47?. The summed E-state index contributed by atoms with van der Waals surface area (Å²) in [7, 11) is 0. The summed E-state index contributed by atoms with van der Waals surface area (Å²) in [6.07, 6.45) is 27.6. The van der Waals surface area contributed by atoms with Crippen LogP contribution in [0.15, 0.2) is 130 Å². The number of amidine groups is 1. The Bertz CT molecular complexity index is 1830. The van der Waals surface area contributed by atoms with Gasteiger partial charge in [-0.1, -0.05) is 135 Å². The number of carbonyl (C=O) groups excluding carboxylic acids is 3. The fourth-order valence-electron chi connectivity index (χ4n) is 7.68. The first-order valence-corrected chi connectivity index (χ1v) is 21.1. The van der Waals surface area contributed by atoms with E-state index in [1.807, 2.05) is 87.3 Å². The molecule has 2 unspecified atom stereocenters. The molecule has 2 atom stereocenters. The number of ketones is 2. The van der Waals surface area contributed by atoms with Crippen molar-refractivity contribution in [1.82, 2.24) is 9.80 Å². The van der Waals surface area contributed by atoms with Crippen LogP contribution in [-0.4, -0.2) is 98.3 Å². The summed E-state index contributed by atoms with van der Waals surface area (Å²) < 4.78 is 22.3. The van der Waals surface area contributed by atoms with Gasteiger partial charge in [-0.05, 0) is 74.7 Å². The van der Waals surface area contributed by atoms with Gasteiger partial charge in [0.15, 0.2) is 23.8 Å². The molecule has 0 aromatic carbocycles. The van der Waals surface area contributed by atoms with Gasteiger partial charge in [-0.2, -0.15) is 0 Å². The lowest BCUT2D eigenvalue weighted by atomic mass is 9.71. The van der Waals surface area contributed by atoms with Crippen LogP contribution in [-0.2, 0) is 28.5 Å². The molecular weight excluding hydrogens is 755 g/mol. The van der Waals surface area contributed by atoms with Gasteiger partial charge < -0.3 is 28.7 Å². The lowest BCUT2D eigenvalue weighted by Crippen LogP contribution is -2.46. The van der Waals surface area contributed by atoms with Gasteiger partial charge in [-0.25, -0.2) is 4.79 Å². The molecule has 0 radical (unpaired) electrons. The molecule has 1 N–H and O–H groups in total. The summed E-state index contributed by atoms with van der Waals surface area (Å²) in [5.41, 5.74) is 6.97. The maximum Gasteiger partial charge on any atom is 0.410 e. The third-order valence-electron chi connectivity index (χ3n) is 11.3. The van der Waals surface area contributed by atoms with E-state index in [-0.39, 0.29) is 28.4 Å². The van der Waals surface area contributed by atoms with Crippen molar-refractivity contribution < 1.29 is 33.3 Å². The highest BCUT2D eigenvalue weighted by Crippen LogP contribution is 2.42. The Morgan fingerprint density at radius 3 is 1.40 bits per heavy atom. The van der Waals surface area contributed by atoms with Crippen molar-refractivity contribution in [3.63, 3.8) is 0 Å². The first kappa shape index (κ1) is 47.6. The zero-order valence-corrected chi connectivity index (χ0v) is 37.6. The Morgan fingerprint density at radius 1 is 0.600 bits per heavy atom. The molecule has 2 aliphatic carbocycles. The second kappa shape index (κ2) is 22.0. The van der Waals surface area contributed by atoms with Crippen molar-refractivity contribution in [2.24, 2.45) is 10.8 Å². The molecule has 4 aliphatic rings. The summed E-state index contributed by atoms with van der Waals surface area (Å²) >= 11 is 0. The van der Waals surface area contributed by atoms with Gasteiger partial charge >= 0.3 is 6.09 Å². The zero-order valence-electron chi connectivity index (χ0n) is 37.6. The van der Waals surface area contributed by atoms with Crippen LogP contribution in [0.1, 0.15) is 82.1 Å². The molecule has 10 heteroatoms. The SMILES string of the molecule is CC1=C(/C=C/C(C)=C/C=C/C(C)=C/C=C/C=C(C)/C=C/C=C(C)/C=C/C2=C(C)C(=O)C(OC(=O)N3CCOCC3)CC2(C)C)C(C)(C)CC(OC(=N)N2CCOCC2)C1=O. The van der Waals surface area contributed by atoms with E-state index in [0.29, 0.717) is 76.6 Å². The number of nitrogens with zero attached hydrogens (tertiary/aromatic N) is 2. The maximum absolute atomic E-state index is 13.3. The molecule has 0 bridgehead atoms. The average Bonchev–Trinajstić information content (AvgIpc) is 3.20. The fraction of sp³-hybridized carbons (Fsp3) is 0.480. The molecule has 4 rings (SSSR count). The molecule has 2 saturated heterocycles. The highest BCUT2D eigenvalue weighted by atomic mass is 16.6. The van der Waals surface area contributed by atoms with Crippen molar-refractivity contribution in [3.8, 4) is 0 Å². The van der Waals surface area contributed by atoms with E-state index >= 15 is 0 Å². The Morgan fingerprint density at radius 2 is 0.967 bits per heavy atom. The average molecular weight is 822 g/mol. The van der Waals surface area contributed by atoms with Gasteiger partial charge in [0.2, 0.25) is 0 Å². The molecule has 60 heavy (non-hydrogen) atoms. The number of allylic oxidation sites excluding steroid dienone is 20. The Kier molecular flexibility index (Phi) is 17.4. The van der Waals surface area contributed by atoms with Crippen LogP contribution >= 0.6 is 0 Å². The van der Waals surface area contributed by atoms with E-state index in [1.54, 1.807) is 4.90 Å². The molecule has 0 aromatic heterocycles. The van der Waals surface area contributed by atoms with E-state index in [2.05, 4.69) is 71.9 Å². The van der Waals surface area contributed by atoms with Gasteiger partial charge in [-0.3, -0.25) is 15.0 Å². The third-order valence-corrected chi connectivity index (χ3v) is 11.3. The molecule has 2 heterocycles. The maximum atomic E-state index is 13.3. The van der Waals surface area contributed by atoms with E-state index in [1.165, 1.54) is 0 Å². The molecule has 0 aromatic rings. The van der Waals surface area contributed by atoms with Crippen LogP contribution in [0, 0.1) is 16.2 Å². The van der Waals surface area contributed by atoms with Gasteiger partial charge in [0, 0.05) is 39.0 Å². The lowest BCUT2D eigenvalue weighted by molar-refractivity contribution is -0.127. The summed E-state index contributed by atoms with van der Waals surface area (Å²) in [5, 5.41) is 8.38. The number of Topliss-reactive ketones (excluding diaryl/α,β-unsaturated/α-hetero) is 2. The highest BCUT2D eigenvalue weighted by molar-refractivity contribution is 6.02. The summed E-state index contributed by atoms with van der Waals surface area (Å²) in [6, 6.07) is 0.0469. The van der Waals surface area contributed by atoms with E-state index in [0.717, 1.165) is 33.4 Å². The first-order chi connectivity index (χ1) is 28.4. The van der Waals surface area contributed by atoms with Crippen LogP contribution in [0.2, 0.25) is 0 Å². The Balaban J connectivity index is 1.27. The molecular formula is C50H67N3O7. The van der Waals surface area contributed by atoms with Crippen molar-refractivity contribution in [2.45, 2.75) is 94.3 Å². The first-order valence-electron chi connectivity index (χ1n) is 21.1. The molecule has 0 spiro atoms. The molecule has 1 amide bonds. The second-order valence-corrected chi connectivity index (χ2v) is 17.4. The normalized spacial score (nSPS) is 24.0. The Labute approximate surface area is 358 Å². The number of rotatable bonds is 12. The summed E-state index contributed by atoms with van der Waals surface area (Å²) in [5.74, 6) is -0.199. The quantitative estimate of drug-likeness (QED) is 0.118. The molecule has 2 fully saturated rings. The summed E-state index contributed by atoms with van der Waals surface area (Å²) in [4.78, 5) is 42.6. The topological polar surface area (TPSA) is 118 Å². The monoisotopic (exact) mass is 821 g/mol. The largest absolute Gasteiger partial charge is 0.454 e. The van der Waals surface area contributed by atoms with E-state index in [9.17, 15) is 14.4 Å². The number of nitrogens with one attached hydrogen (secondary N) is 1. The van der Waals surface area contributed by atoms with Gasteiger partial charge in [0.25, 0.3) is 6.02 Å². The van der Waals surface area contributed by atoms with Crippen LogP contribution in [0.3, 0.4) is 0 Å². The van der Waals surface area contributed by atoms with Crippen molar-refractivity contribution in [3.05, 3.63) is 130 Å². The summed E-state index contributed by atoms with van der Waals surface area (Å²) in [6.45, 7) is 24.5. The van der Waals surface area contributed by atoms with Crippen LogP contribution in [0.5, 0.6) is 0 Å². The smallest absolute Gasteiger partial charge is 0.410 e. The number of hydrogen-bond donors (Lipinski definition) is 1. The van der Waals surface area contributed by atoms with Crippen molar-refractivity contribution >= 4 is 23.7 Å². The van der Waals surface area contributed by atoms with Gasteiger partial charge in [0.05, 0.1) is 26.4 Å². The third kappa shape index (κ3) is 13.7. The molecule has 2 aliphatic heterocycles. The predicted molar refractivity (Wildman–Crippen MR) is 241 cm³/mol. The minimum Gasteiger partial charge on any atom is -0.454 e. The number of ether oxygens (including phenoxy) is 4. The zero-order chi connectivity index (χ0) is 44.0. The van der Waals surface area contributed by atoms with Crippen LogP contribution in [0.4, 0.5) is 4.79 Å². The highest BCUT2D eigenvalue weighted by Gasteiger charge is 2.41. The van der Waals surface area contributed by atoms with Gasteiger partial charge in [0.1, 0.15) is 0 Å². The lowest BCUT2D eigenvalue weighted by Gasteiger charge is -2.38. The van der Waals surface area contributed by atoms with E-state index < -0.39 is 18.3 Å². The Hall–Kier alpha value is -5.06. The number of hydrogen-bond acceptors (Lipinski definition) is 8. The molecule has 324 valence electrons. The van der Waals surface area contributed by atoms with E-state index in [4.69, 9.17) is 24.4 Å². The van der Waals surface area contributed by atoms with Crippen molar-refractivity contribution in [1.29, 1.82) is 5.41 Å². The van der Waals surface area contributed by atoms with Gasteiger partial charge in [-0.15, -0.1) is 0 Å². The minimum absolute atomic E-state index is 0.0469. The second-order valence-electron chi connectivity index (χ2n) is 17.4.